The normalized spacial score (nSPS) is 11.8. The third-order valence-corrected chi connectivity index (χ3v) is 5.73. The summed E-state index contributed by atoms with van der Waals surface area (Å²) in [6, 6.07) is 6.33. The maximum absolute atomic E-state index is 12.3. The number of rotatable bonds is 7. The van der Waals surface area contributed by atoms with Crippen LogP contribution in [0.4, 0.5) is 0 Å². The topological polar surface area (TPSA) is 201 Å². The minimum atomic E-state index is -4.78. The second-order valence-electron chi connectivity index (χ2n) is 5.79. The molecule has 1 amide bonds. The van der Waals surface area contributed by atoms with Crippen LogP contribution in [0.2, 0.25) is 0 Å². The van der Waals surface area contributed by atoms with E-state index < -0.39 is 48.4 Å². The summed E-state index contributed by atoms with van der Waals surface area (Å²) < 4.78 is 64.5. The standard InChI is InChI=1S/C16H16N2O9S2/c17-7-11-3-1-9(5-13(11)28(22,23)24)15(19)18-8-12-4-2-10(16(20)21)6-14(12)29(25,26)27/h1-6H,7-8,17H2,(H,18,19)(H,20,21)(H,22,23,24)(H,25,26,27). The molecule has 2 aromatic carbocycles. The van der Waals surface area contributed by atoms with Crippen LogP contribution < -0.4 is 11.1 Å². The maximum Gasteiger partial charge on any atom is 0.335 e. The van der Waals surface area contributed by atoms with E-state index >= 15 is 0 Å². The van der Waals surface area contributed by atoms with Crippen molar-refractivity contribution in [2.75, 3.05) is 0 Å². The molecular formula is C16H16N2O9S2. The first-order chi connectivity index (χ1) is 13.3. The Balaban J connectivity index is 2.33. The van der Waals surface area contributed by atoms with Crippen LogP contribution in [0.1, 0.15) is 31.8 Å². The van der Waals surface area contributed by atoms with Crippen LogP contribution in [0.15, 0.2) is 46.2 Å². The Kier molecular flexibility index (Phi) is 6.40. The molecule has 0 saturated heterocycles. The Morgan fingerprint density at radius 3 is 1.86 bits per heavy atom. The van der Waals surface area contributed by atoms with Crippen molar-refractivity contribution in [2.24, 2.45) is 5.73 Å². The molecule has 0 radical (unpaired) electrons. The molecule has 0 aliphatic heterocycles. The Hall–Kier alpha value is -2.84. The molecule has 156 valence electrons. The van der Waals surface area contributed by atoms with Crippen LogP contribution in [0.25, 0.3) is 0 Å². The van der Waals surface area contributed by atoms with E-state index in [1.165, 1.54) is 12.1 Å². The lowest BCUT2D eigenvalue weighted by Gasteiger charge is -2.11. The average molecular weight is 444 g/mol. The summed E-state index contributed by atoms with van der Waals surface area (Å²) in [5.41, 5.74) is 4.84. The van der Waals surface area contributed by atoms with Gasteiger partial charge in [0.05, 0.1) is 15.4 Å². The first kappa shape index (κ1) is 22.4. The fourth-order valence-corrected chi connectivity index (χ4v) is 3.96. The number of hydrogen-bond acceptors (Lipinski definition) is 7. The summed E-state index contributed by atoms with van der Waals surface area (Å²) in [6.07, 6.45) is 0. The van der Waals surface area contributed by atoms with Gasteiger partial charge in [-0.15, -0.1) is 0 Å². The number of nitrogens with two attached hydrogens (primary N) is 1. The van der Waals surface area contributed by atoms with E-state index in [4.69, 9.17) is 10.8 Å². The van der Waals surface area contributed by atoms with Crippen LogP contribution in [0, 0.1) is 0 Å². The highest BCUT2D eigenvalue weighted by molar-refractivity contribution is 7.86. The predicted octanol–water partition coefficient (Wildman–Crippen LogP) is 0.267. The lowest BCUT2D eigenvalue weighted by Crippen LogP contribution is -2.24. The molecular weight excluding hydrogens is 428 g/mol. The van der Waals surface area contributed by atoms with Crippen LogP contribution in [-0.2, 0) is 33.3 Å². The zero-order valence-electron chi connectivity index (χ0n) is 14.6. The van der Waals surface area contributed by atoms with Gasteiger partial charge in [0.1, 0.15) is 0 Å². The van der Waals surface area contributed by atoms with Crippen molar-refractivity contribution in [1.82, 2.24) is 5.32 Å². The van der Waals surface area contributed by atoms with E-state index in [2.05, 4.69) is 5.32 Å². The molecule has 29 heavy (non-hydrogen) atoms. The monoisotopic (exact) mass is 444 g/mol. The largest absolute Gasteiger partial charge is 0.478 e. The lowest BCUT2D eigenvalue weighted by atomic mass is 10.1. The number of carboxylic acid groups (broad SMARTS) is 1. The number of hydrogen-bond donors (Lipinski definition) is 5. The van der Waals surface area contributed by atoms with Gasteiger partial charge in [-0.25, -0.2) is 4.79 Å². The van der Waals surface area contributed by atoms with E-state index in [1.54, 1.807) is 0 Å². The quantitative estimate of drug-likeness (QED) is 0.369. The van der Waals surface area contributed by atoms with Crippen LogP contribution in [0.5, 0.6) is 0 Å². The first-order valence-corrected chi connectivity index (χ1v) is 10.6. The molecule has 2 rings (SSSR count). The Morgan fingerprint density at radius 2 is 1.34 bits per heavy atom. The van der Waals surface area contributed by atoms with E-state index in [-0.39, 0.29) is 28.8 Å². The van der Waals surface area contributed by atoms with Gasteiger partial charge in [0.25, 0.3) is 26.1 Å². The van der Waals surface area contributed by atoms with Gasteiger partial charge in [0.2, 0.25) is 0 Å². The number of benzene rings is 2. The van der Waals surface area contributed by atoms with Gasteiger partial charge in [-0.05, 0) is 35.4 Å². The van der Waals surface area contributed by atoms with Crippen molar-refractivity contribution >= 4 is 32.1 Å². The Bertz CT molecular complexity index is 1190. The van der Waals surface area contributed by atoms with Crippen LogP contribution in [-0.4, -0.2) is 42.9 Å². The second kappa shape index (κ2) is 8.26. The van der Waals surface area contributed by atoms with Crippen molar-refractivity contribution < 1.29 is 40.6 Å². The van der Waals surface area contributed by atoms with Gasteiger partial charge < -0.3 is 16.2 Å². The smallest absolute Gasteiger partial charge is 0.335 e. The Morgan fingerprint density at radius 1 is 0.862 bits per heavy atom. The summed E-state index contributed by atoms with van der Waals surface area (Å²) in [4.78, 5) is 22.0. The number of carbonyl (C=O) groups excluding carboxylic acids is 1. The van der Waals surface area contributed by atoms with E-state index in [0.29, 0.717) is 0 Å². The molecule has 0 spiro atoms. The van der Waals surface area contributed by atoms with Crippen molar-refractivity contribution in [2.45, 2.75) is 22.9 Å². The molecule has 0 aliphatic rings. The molecule has 0 atom stereocenters. The molecule has 0 aliphatic carbocycles. The van der Waals surface area contributed by atoms with Gasteiger partial charge in [-0.2, -0.15) is 16.8 Å². The molecule has 0 unspecified atom stereocenters. The fraction of sp³-hybridized carbons (Fsp3) is 0.125. The second-order valence-corrected chi connectivity index (χ2v) is 8.57. The van der Waals surface area contributed by atoms with Crippen molar-refractivity contribution in [3.05, 3.63) is 58.7 Å². The van der Waals surface area contributed by atoms with Crippen molar-refractivity contribution in [1.29, 1.82) is 0 Å². The number of aromatic carboxylic acids is 1. The molecule has 0 saturated carbocycles. The zero-order chi connectivity index (χ0) is 22.0. The number of nitrogens with one attached hydrogen (secondary N) is 1. The van der Waals surface area contributed by atoms with Crippen molar-refractivity contribution in [3.8, 4) is 0 Å². The SMILES string of the molecule is NCc1ccc(C(=O)NCc2ccc(C(=O)O)cc2S(=O)(=O)O)cc1S(=O)(=O)O. The third kappa shape index (κ3) is 5.36. The maximum atomic E-state index is 12.3. The lowest BCUT2D eigenvalue weighted by molar-refractivity contribution is 0.0696. The van der Waals surface area contributed by atoms with E-state index in [1.807, 2.05) is 0 Å². The number of amides is 1. The Labute approximate surface area is 165 Å². The number of carboxylic acids is 1. The summed E-state index contributed by atoms with van der Waals surface area (Å²) in [7, 11) is -9.41. The summed E-state index contributed by atoms with van der Waals surface area (Å²) >= 11 is 0. The molecule has 0 aromatic heterocycles. The van der Waals surface area contributed by atoms with Crippen LogP contribution in [0.3, 0.4) is 0 Å². The fourth-order valence-electron chi connectivity index (χ4n) is 2.46. The minimum Gasteiger partial charge on any atom is -0.478 e. The highest BCUT2D eigenvalue weighted by Gasteiger charge is 2.20. The minimum absolute atomic E-state index is 0.0852. The highest BCUT2D eigenvalue weighted by atomic mass is 32.2. The predicted molar refractivity (Wildman–Crippen MR) is 98.5 cm³/mol. The van der Waals surface area contributed by atoms with Gasteiger partial charge in [-0.1, -0.05) is 12.1 Å². The van der Waals surface area contributed by atoms with Gasteiger partial charge in [0.15, 0.2) is 0 Å². The van der Waals surface area contributed by atoms with Crippen LogP contribution >= 0.6 is 0 Å². The molecule has 0 bridgehead atoms. The zero-order valence-corrected chi connectivity index (χ0v) is 16.2. The molecule has 11 nitrogen and oxygen atoms in total. The third-order valence-electron chi connectivity index (χ3n) is 3.86. The van der Waals surface area contributed by atoms with E-state index in [9.17, 15) is 35.5 Å². The average Bonchev–Trinajstić information content (AvgIpc) is 2.63. The summed E-state index contributed by atoms with van der Waals surface area (Å²) in [5.74, 6) is -2.23. The molecule has 0 fully saturated rings. The number of carbonyl (C=O) groups is 2. The summed E-state index contributed by atoms with van der Waals surface area (Å²) in [5, 5.41) is 11.3. The van der Waals surface area contributed by atoms with Gasteiger partial charge >= 0.3 is 5.97 Å². The summed E-state index contributed by atoms with van der Waals surface area (Å²) in [6.45, 7) is -0.627. The highest BCUT2D eigenvalue weighted by Crippen LogP contribution is 2.20. The van der Waals surface area contributed by atoms with Gasteiger partial charge in [-0.3, -0.25) is 13.9 Å². The van der Waals surface area contributed by atoms with Gasteiger partial charge in [0, 0.05) is 18.7 Å². The molecule has 2 aromatic rings. The molecule has 6 N–H and O–H groups in total. The van der Waals surface area contributed by atoms with E-state index in [0.717, 1.165) is 24.3 Å². The first-order valence-electron chi connectivity index (χ1n) is 7.77. The molecule has 13 heteroatoms. The van der Waals surface area contributed by atoms with Crippen molar-refractivity contribution in [3.63, 3.8) is 0 Å². The molecule has 0 heterocycles.